The number of hydrogen-bond donors (Lipinski definition) is 1. The molecule has 0 unspecified atom stereocenters. The van der Waals surface area contributed by atoms with Gasteiger partial charge in [0.1, 0.15) is 5.57 Å². The third-order valence-electron chi connectivity index (χ3n) is 3.26. The maximum absolute atomic E-state index is 12.5. The summed E-state index contributed by atoms with van der Waals surface area (Å²) in [6, 6.07) is 3.49. The minimum Gasteiger partial charge on any atom is -0.493 e. The van der Waals surface area contributed by atoms with Crippen molar-refractivity contribution >= 4 is 57.8 Å². The molecule has 0 spiro atoms. The molecular formula is C16H15IN2O4S. The molecule has 1 aliphatic rings. The van der Waals surface area contributed by atoms with Crippen molar-refractivity contribution in [1.82, 2.24) is 10.2 Å². The first-order chi connectivity index (χ1) is 11.4. The largest absolute Gasteiger partial charge is 0.493 e. The van der Waals surface area contributed by atoms with Crippen molar-refractivity contribution in [3.05, 3.63) is 39.5 Å². The van der Waals surface area contributed by atoms with E-state index in [0.717, 1.165) is 3.57 Å². The van der Waals surface area contributed by atoms with Gasteiger partial charge in [-0.3, -0.25) is 19.8 Å². The van der Waals surface area contributed by atoms with Crippen LogP contribution < -0.4 is 14.8 Å². The summed E-state index contributed by atoms with van der Waals surface area (Å²) in [7, 11) is 3.07. The van der Waals surface area contributed by atoms with E-state index in [2.05, 4.69) is 34.5 Å². The minimum absolute atomic E-state index is 0.00605. The van der Waals surface area contributed by atoms with Crippen molar-refractivity contribution in [2.75, 3.05) is 20.8 Å². The molecule has 0 radical (unpaired) electrons. The number of rotatable bonds is 5. The third kappa shape index (κ3) is 3.59. The lowest BCUT2D eigenvalue weighted by molar-refractivity contribution is -0.128. The van der Waals surface area contributed by atoms with Crippen LogP contribution in [0.25, 0.3) is 6.08 Å². The lowest BCUT2D eigenvalue weighted by Crippen LogP contribution is -2.53. The van der Waals surface area contributed by atoms with Crippen molar-refractivity contribution in [3.8, 4) is 11.5 Å². The van der Waals surface area contributed by atoms with Gasteiger partial charge >= 0.3 is 0 Å². The summed E-state index contributed by atoms with van der Waals surface area (Å²) in [5, 5.41) is 2.58. The zero-order valence-electron chi connectivity index (χ0n) is 13.1. The number of halogens is 1. The fourth-order valence-corrected chi connectivity index (χ4v) is 3.27. The number of carbonyl (C=O) groups excluding carboxylic acids is 2. The Morgan fingerprint density at radius 1 is 1.33 bits per heavy atom. The van der Waals surface area contributed by atoms with Crippen molar-refractivity contribution in [1.29, 1.82) is 0 Å². The molecule has 1 aliphatic heterocycles. The molecule has 0 aliphatic carbocycles. The Bertz CT molecular complexity index is 761. The summed E-state index contributed by atoms with van der Waals surface area (Å²) in [6.45, 7) is 3.81. The van der Waals surface area contributed by atoms with Gasteiger partial charge in [-0.25, -0.2) is 0 Å². The molecular weight excluding hydrogens is 443 g/mol. The fraction of sp³-hybridized carbons (Fsp3) is 0.188. The van der Waals surface area contributed by atoms with Crippen LogP contribution in [-0.2, 0) is 9.59 Å². The van der Waals surface area contributed by atoms with Crippen LogP contribution in [0.1, 0.15) is 5.56 Å². The second kappa shape index (κ2) is 7.75. The highest BCUT2D eigenvalue weighted by Crippen LogP contribution is 2.34. The van der Waals surface area contributed by atoms with Gasteiger partial charge < -0.3 is 9.47 Å². The van der Waals surface area contributed by atoms with E-state index < -0.39 is 11.8 Å². The normalized spacial score (nSPS) is 16.2. The molecule has 24 heavy (non-hydrogen) atoms. The second-order valence-electron chi connectivity index (χ2n) is 4.76. The molecule has 0 bridgehead atoms. The van der Waals surface area contributed by atoms with Gasteiger partial charge in [-0.1, -0.05) is 6.08 Å². The van der Waals surface area contributed by atoms with Gasteiger partial charge in [0.05, 0.1) is 17.8 Å². The van der Waals surface area contributed by atoms with Crippen molar-refractivity contribution in [2.24, 2.45) is 0 Å². The molecule has 126 valence electrons. The average molecular weight is 458 g/mol. The number of amides is 2. The highest BCUT2D eigenvalue weighted by molar-refractivity contribution is 14.1. The van der Waals surface area contributed by atoms with E-state index in [4.69, 9.17) is 21.7 Å². The Morgan fingerprint density at radius 3 is 2.62 bits per heavy atom. The number of nitrogens with one attached hydrogen (secondary N) is 1. The van der Waals surface area contributed by atoms with Crippen LogP contribution in [0.5, 0.6) is 11.5 Å². The fourth-order valence-electron chi connectivity index (χ4n) is 2.18. The minimum atomic E-state index is -0.532. The second-order valence-corrected chi connectivity index (χ2v) is 6.31. The predicted octanol–water partition coefficient (Wildman–Crippen LogP) is 2.12. The first-order valence-corrected chi connectivity index (χ1v) is 8.33. The molecule has 0 saturated carbocycles. The van der Waals surface area contributed by atoms with Crippen LogP contribution in [0.2, 0.25) is 0 Å². The van der Waals surface area contributed by atoms with Crippen LogP contribution in [-0.4, -0.2) is 42.6 Å². The number of thiocarbonyl (C=S) groups is 1. The Balaban J connectivity index is 2.47. The van der Waals surface area contributed by atoms with Crippen LogP contribution in [0.3, 0.4) is 0 Å². The van der Waals surface area contributed by atoms with Gasteiger partial charge in [0.25, 0.3) is 11.8 Å². The molecule has 1 N–H and O–H groups in total. The van der Waals surface area contributed by atoms with E-state index in [9.17, 15) is 9.59 Å². The third-order valence-corrected chi connectivity index (χ3v) is 4.39. The molecule has 0 atom stereocenters. The van der Waals surface area contributed by atoms with E-state index in [1.54, 1.807) is 25.3 Å². The number of ether oxygens (including phenoxy) is 2. The number of hydrogen-bond acceptors (Lipinski definition) is 5. The highest BCUT2D eigenvalue weighted by Gasteiger charge is 2.32. The summed E-state index contributed by atoms with van der Waals surface area (Å²) in [6.07, 6.45) is 3.04. The first kappa shape index (κ1) is 18.4. The monoisotopic (exact) mass is 458 g/mol. The standard InChI is InChI=1S/C16H15IN2O4S/c1-4-5-19-15(21)10(14(20)18-16(19)24)6-9-7-11(17)13(23-3)12(8-9)22-2/h4,6-8H,1,5H2,2-3H3,(H,18,20,24). The summed E-state index contributed by atoms with van der Waals surface area (Å²) >= 11 is 7.11. The molecule has 1 aromatic rings. The van der Waals surface area contributed by atoms with E-state index in [1.807, 2.05) is 0 Å². The maximum Gasteiger partial charge on any atom is 0.265 e. The van der Waals surface area contributed by atoms with Gasteiger partial charge in [-0.2, -0.15) is 0 Å². The van der Waals surface area contributed by atoms with E-state index in [0.29, 0.717) is 17.1 Å². The van der Waals surface area contributed by atoms with Gasteiger partial charge in [0.15, 0.2) is 16.6 Å². The molecule has 1 saturated heterocycles. The summed E-state index contributed by atoms with van der Waals surface area (Å²) in [5.41, 5.74) is 0.635. The Kier molecular flexibility index (Phi) is 5.94. The van der Waals surface area contributed by atoms with Crippen molar-refractivity contribution in [2.45, 2.75) is 0 Å². The molecule has 0 aromatic heterocycles. The van der Waals surface area contributed by atoms with Crippen LogP contribution >= 0.6 is 34.8 Å². The Labute approximate surface area is 158 Å². The van der Waals surface area contributed by atoms with Crippen molar-refractivity contribution < 1.29 is 19.1 Å². The lowest BCUT2D eigenvalue weighted by atomic mass is 10.1. The molecule has 2 rings (SSSR count). The molecule has 1 fully saturated rings. The molecule has 1 aromatic carbocycles. The van der Waals surface area contributed by atoms with Crippen LogP contribution in [0.15, 0.2) is 30.4 Å². The maximum atomic E-state index is 12.5. The van der Waals surface area contributed by atoms with Crippen LogP contribution in [0.4, 0.5) is 0 Å². The number of nitrogens with zero attached hydrogens (tertiary/aromatic N) is 1. The number of carbonyl (C=O) groups is 2. The van der Waals surface area contributed by atoms with Gasteiger partial charge in [0, 0.05) is 6.54 Å². The molecule has 2 amide bonds. The Hall–Kier alpha value is -1.94. The topological polar surface area (TPSA) is 67.9 Å². The lowest BCUT2D eigenvalue weighted by Gasteiger charge is -2.27. The molecule has 1 heterocycles. The smallest absolute Gasteiger partial charge is 0.265 e. The Morgan fingerprint density at radius 2 is 2.04 bits per heavy atom. The highest BCUT2D eigenvalue weighted by atomic mass is 127. The first-order valence-electron chi connectivity index (χ1n) is 6.84. The summed E-state index contributed by atoms with van der Waals surface area (Å²) in [4.78, 5) is 25.9. The van der Waals surface area contributed by atoms with Gasteiger partial charge in [-0.15, -0.1) is 6.58 Å². The van der Waals surface area contributed by atoms with Crippen LogP contribution in [0, 0.1) is 3.57 Å². The van der Waals surface area contributed by atoms with E-state index >= 15 is 0 Å². The zero-order chi connectivity index (χ0) is 17.9. The number of methoxy groups -OCH3 is 2. The van der Waals surface area contributed by atoms with E-state index in [1.165, 1.54) is 18.1 Å². The SMILES string of the molecule is C=CCN1C(=O)C(=Cc2cc(I)c(OC)c(OC)c2)C(=O)NC1=S. The van der Waals surface area contributed by atoms with E-state index in [-0.39, 0.29) is 17.2 Å². The summed E-state index contributed by atoms with van der Waals surface area (Å²) in [5.74, 6) is 0.107. The predicted molar refractivity (Wildman–Crippen MR) is 103 cm³/mol. The molecule has 6 nitrogen and oxygen atoms in total. The average Bonchev–Trinajstić information content (AvgIpc) is 2.54. The van der Waals surface area contributed by atoms with Crippen molar-refractivity contribution in [3.63, 3.8) is 0 Å². The van der Waals surface area contributed by atoms with Gasteiger partial charge in [-0.05, 0) is 58.6 Å². The zero-order valence-corrected chi connectivity index (χ0v) is 16.1. The summed E-state index contributed by atoms with van der Waals surface area (Å²) < 4.78 is 11.4. The number of benzene rings is 1. The molecule has 8 heteroatoms. The quantitative estimate of drug-likeness (QED) is 0.241. The van der Waals surface area contributed by atoms with Gasteiger partial charge in [0.2, 0.25) is 0 Å².